The lowest BCUT2D eigenvalue weighted by molar-refractivity contribution is -0.129. The molecule has 1 amide bonds. The maximum atomic E-state index is 11.2. The maximum absolute atomic E-state index is 11.2. The summed E-state index contributed by atoms with van der Waals surface area (Å²) in [6, 6.07) is 0. The van der Waals surface area contributed by atoms with Crippen LogP contribution >= 0.6 is 0 Å². The van der Waals surface area contributed by atoms with Gasteiger partial charge < -0.3 is 10.2 Å². The highest BCUT2D eigenvalue weighted by Crippen LogP contribution is 2.12. The smallest absolute Gasteiger partial charge is 0.222 e. The fourth-order valence-corrected chi connectivity index (χ4v) is 1.32. The van der Waals surface area contributed by atoms with Crippen molar-refractivity contribution in [3.63, 3.8) is 0 Å². The van der Waals surface area contributed by atoms with E-state index in [1.54, 1.807) is 4.90 Å². The van der Waals surface area contributed by atoms with E-state index in [0.717, 1.165) is 19.5 Å². The standard InChI is InChI=1S/C8H16N2O/c1-10(2)8(11)5-7-3-4-9-6-7/h7,9H,3-6H2,1-2H3. The van der Waals surface area contributed by atoms with Gasteiger partial charge in [-0.1, -0.05) is 0 Å². The van der Waals surface area contributed by atoms with E-state index in [2.05, 4.69) is 5.32 Å². The number of nitrogens with one attached hydrogen (secondary N) is 1. The normalized spacial score (nSPS) is 23.6. The van der Waals surface area contributed by atoms with Gasteiger partial charge in [-0.15, -0.1) is 0 Å². The zero-order chi connectivity index (χ0) is 8.27. The highest BCUT2D eigenvalue weighted by Gasteiger charge is 2.18. The third-order valence-corrected chi connectivity index (χ3v) is 2.12. The van der Waals surface area contributed by atoms with Gasteiger partial charge in [0.2, 0.25) is 5.91 Å². The fourth-order valence-electron chi connectivity index (χ4n) is 1.32. The summed E-state index contributed by atoms with van der Waals surface area (Å²) in [5, 5.41) is 3.25. The molecule has 1 aliphatic rings. The van der Waals surface area contributed by atoms with Gasteiger partial charge in [-0.3, -0.25) is 4.79 Å². The van der Waals surface area contributed by atoms with E-state index in [1.807, 2.05) is 14.1 Å². The van der Waals surface area contributed by atoms with Crippen LogP contribution in [-0.4, -0.2) is 38.0 Å². The first-order valence-corrected chi connectivity index (χ1v) is 4.11. The molecule has 0 radical (unpaired) electrons. The zero-order valence-corrected chi connectivity index (χ0v) is 7.26. The number of hydrogen-bond donors (Lipinski definition) is 1. The maximum Gasteiger partial charge on any atom is 0.222 e. The molecular weight excluding hydrogens is 140 g/mol. The van der Waals surface area contributed by atoms with E-state index in [4.69, 9.17) is 0 Å². The summed E-state index contributed by atoms with van der Waals surface area (Å²) in [5.74, 6) is 0.823. The summed E-state index contributed by atoms with van der Waals surface area (Å²) in [7, 11) is 3.62. The molecule has 3 heteroatoms. The first-order chi connectivity index (χ1) is 5.20. The van der Waals surface area contributed by atoms with Crippen molar-refractivity contribution < 1.29 is 4.79 Å². The largest absolute Gasteiger partial charge is 0.349 e. The topological polar surface area (TPSA) is 32.3 Å². The van der Waals surface area contributed by atoms with Gasteiger partial charge in [0.15, 0.2) is 0 Å². The molecule has 1 atom stereocenters. The average molecular weight is 156 g/mol. The number of nitrogens with zero attached hydrogens (tertiary/aromatic N) is 1. The number of carbonyl (C=O) groups is 1. The second kappa shape index (κ2) is 3.72. The number of carbonyl (C=O) groups excluding carboxylic acids is 1. The molecule has 1 unspecified atom stereocenters. The van der Waals surface area contributed by atoms with Gasteiger partial charge >= 0.3 is 0 Å². The van der Waals surface area contributed by atoms with E-state index in [0.29, 0.717) is 12.3 Å². The molecule has 1 N–H and O–H groups in total. The van der Waals surface area contributed by atoms with Gasteiger partial charge in [0, 0.05) is 20.5 Å². The van der Waals surface area contributed by atoms with Crippen molar-refractivity contribution >= 4 is 5.91 Å². The van der Waals surface area contributed by atoms with Crippen LogP contribution in [0.2, 0.25) is 0 Å². The van der Waals surface area contributed by atoms with Crippen LogP contribution < -0.4 is 5.32 Å². The van der Waals surface area contributed by atoms with Gasteiger partial charge in [-0.05, 0) is 25.4 Å². The Bertz CT molecular complexity index is 139. The van der Waals surface area contributed by atoms with E-state index >= 15 is 0 Å². The molecule has 1 rings (SSSR count). The van der Waals surface area contributed by atoms with Crippen LogP contribution in [0.3, 0.4) is 0 Å². The number of rotatable bonds is 2. The molecule has 0 aromatic heterocycles. The lowest BCUT2D eigenvalue weighted by Gasteiger charge is -2.12. The molecule has 1 aliphatic heterocycles. The number of amides is 1. The van der Waals surface area contributed by atoms with E-state index in [-0.39, 0.29) is 5.91 Å². The quantitative estimate of drug-likeness (QED) is 0.614. The fraction of sp³-hybridized carbons (Fsp3) is 0.875. The Kier molecular flexibility index (Phi) is 2.88. The van der Waals surface area contributed by atoms with Crippen molar-refractivity contribution in [2.45, 2.75) is 12.8 Å². The van der Waals surface area contributed by atoms with Crippen LogP contribution in [0.5, 0.6) is 0 Å². The minimum atomic E-state index is 0.249. The Balaban J connectivity index is 2.24. The minimum absolute atomic E-state index is 0.249. The van der Waals surface area contributed by atoms with Crippen LogP contribution in [0.15, 0.2) is 0 Å². The Morgan fingerprint density at radius 2 is 2.36 bits per heavy atom. The first-order valence-electron chi connectivity index (χ1n) is 4.11. The zero-order valence-electron chi connectivity index (χ0n) is 7.26. The summed E-state index contributed by atoms with van der Waals surface area (Å²) in [5.41, 5.74) is 0. The SMILES string of the molecule is CN(C)C(=O)CC1CCNC1. The van der Waals surface area contributed by atoms with Crippen LogP contribution in [-0.2, 0) is 4.79 Å². The van der Waals surface area contributed by atoms with Crippen molar-refractivity contribution in [2.24, 2.45) is 5.92 Å². The van der Waals surface area contributed by atoms with Crippen molar-refractivity contribution in [1.29, 1.82) is 0 Å². The second-order valence-electron chi connectivity index (χ2n) is 3.35. The van der Waals surface area contributed by atoms with Crippen LogP contribution in [0.25, 0.3) is 0 Å². The summed E-state index contributed by atoms with van der Waals surface area (Å²) < 4.78 is 0. The molecule has 1 heterocycles. The van der Waals surface area contributed by atoms with Crippen molar-refractivity contribution in [2.75, 3.05) is 27.2 Å². The van der Waals surface area contributed by atoms with E-state index in [1.165, 1.54) is 0 Å². The highest BCUT2D eigenvalue weighted by molar-refractivity contribution is 5.75. The molecule has 64 valence electrons. The third kappa shape index (κ3) is 2.50. The Morgan fingerprint density at radius 3 is 2.82 bits per heavy atom. The van der Waals surface area contributed by atoms with Gasteiger partial charge in [0.1, 0.15) is 0 Å². The number of hydrogen-bond acceptors (Lipinski definition) is 2. The summed E-state index contributed by atoms with van der Waals surface area (Å²) in [6.45, 7) is 2.09. The molecule has 3 nitrogen and oxygen atoms in total. The van der Waals surface area contributed by atoms with Crippen LogP contribution in [0.1, 0.15) is 12.8 Å². The first kappa shape index (κ1) is 8.53. The predicted octanol–water partition coefficient (Wildman–Crippen LogP) is 0.0742. The van der Waals surface area contributed by atoms with E-state index in [9.17, 15) is 4.79 Å². The molecule has 0 saturated carbocycles. The van der Waals surface area contributed by atoms with Crippen molar-refractivity contribution in [3.8, 4) is 0 Å². The molecule has 1 saturated heterocycles. The van der Waals surface area contributed by atoms with Crippen molar-refractivity contribution in [1.82, 2.24) is 10.2 Å². The molecule has 11 heavy (non-hydrogen) atoms. The lowest BCUT2D eigenvalue weighted by atomic mass is 10.0. The molecule has 0 aromatic rings. The van der Waals surface area contributed by atoms with Crippen LogP contribution in [0, 0.1) is 5.92 Å². The van der Waals surface area contributed by atoms with Crippen LogP contribution in [0.4, 0.5) is 0 Å². The van der Waals surface area contributed by atoms with Gasteiger partial charge in [-0.2, -0.15) is 0 Å². The van der Waals surface area contributed by atoms with Gasteiger partial charge in [0.05, 0.1) is 0 Å². The Morgan fingerprint density at radius 1 is 1.64 bits per heavy atom. The highest BCUT2D eigenvalue weighted by atomic mass is 16.2. The average Bonchev–Trinajstić information content (AvgIpc) is 2.39. The predicted molar refractivity (Wildman–Crippen MR) is 44.3 cm³/mol. The molecule has 0 aliphatic carbocycles. The molecule has 0 spiro atoms. The summed E-state index contributed by atoms with van der Waals surface area (Å²) in [4.78, 5) is 12.9. The van der Waals surface area contributed by atoms with Crippen molar-refractivity contribution in [3.05, 3.63) is 0 Å². The summed E-state index contributed by atoms with van der Waals surface area (Å²) in [6.07, 6.45) is 1.86. The minimum Gasteiger partial charge on any atom is -0.349 e. The Hall–Kier alpha value is -0.570. The second-order valence-corrected chi connectivity index (χ2v) is 3.35. The van der Waals surface area contributed by atoms with Gasteiger partial charge in [-0.25, -0.2) is 0 Å². The molecule has 0 bridgehead atoms. The van der Waals surface area contributed by atoms with Gasteiger partial charge in [0.25, 0.3) is 0 Å². The Labute approximate surface area is 67.8 Å². The molecular formula is C8H16N2O. The molecule has 0 aromatic carbocycles. The third-order valence-electron chi connectivity index (χ3n) is 2.12. The summed E-state index contributed by atoms with van der Waals surface area (Å²) >= 11 is 0. The lowest BCUT2D eigenvalue weighted by Crippen LogP contribution is -2.24. The molecule has 1 fully saturated rings. The van der Waals surface area contributed by atoms with E-state index < -0.39 is 0 Å². The monoisotopic (exact) mass is 156 g/mol.